The zero-order valence-corrected chi connectivity index (χ0v) is 9.86. The maximum Gasteiger partial charge on any atom is 0.419 e. The van der Waals surface area contributed by atoms with E-state index in [4.69, 9.17) is 5.73 Å². The molecule has 0 radical (unpaired) electrons. The van der Waals surface area contributed by atoms with Gasteiger partial charge in [-0.15, -0.1) is 0 Å². The van der Waals surface area contributed by atoms with Gasteiger partial charge in [-0.3, -0.25) is 4.79 Å². The van der Waals surface area contributed by atoms with Gasteiger partial charge in [0.05, 0.1) is 5.56 Å². The average Bonchev–Trinajstić information content (AvgIpc) is 2.24. The molecule has 1 aromatic rings. The lowest BCUT2D eigenvalue weighted by molar-refractivity contribution is -0.166. The topological polar surface area (TPSA) is 43.1 Å². The molecule has 0 saturated carbocycles. The molecular formula is C11H8F7NO. The normalized spacial score (nSPS) is 15.8. The van der Waals surface area contributed by atoms with Crippen molar-refractivity contribution >= 4 is 5.78 Å². The van der Waals surface area contributed by atoms with Gasteiger partial charge < -0.3 is 5.73 Å². The predicted molar refractivity (Wildman–Crippen MR) is 54.4 cm³/mol. The summed E-state index contributed by atoms with van der Waals surface area (Å²) in [6.07, 6.45) is -10.1. The van der Waals surface area contributed by atoms with E-state index in [1.807, 2.05) is 0 Å². The number of rotatable bonds is 2. The van der Waals surface area contributed by atoms with E-state index in [-0.39, 0.29) is 12.1 Å². The molecule has 0 aliphatic carbocycles. The van der Waals surface area contributed by atoms with Gasteiger partial charge in [-0.05, 0) is 19.1 Å². The first-order valence-corrected chi connectivity index (χ1v) is 5.05. The summed E-state index contributed by atoms with van der Waals surface area (Å²) in [5.41, 5.74) is -1.07. The van der Waals surface area contributed by atoms with E-state index >= 15 is 0 Å². The molecule has 0 amide bonds. The third kappa shape index (κ3) is 2.92. The first kappa shape index (κ1) is 16.4. The van der Waals surface area contributed by atoms with Crippen molar-refractivity contribution in [3.63, 3.8) is 0 Å². The van der Waals surface area contributed by atoms with Gasteiger partial charge >= 0.3 is 12.4 Å². The second kappa shape index (κ2) is 4.72. The standard InChI is InChI=1S/C11H8F7NO/c1-9(19,11(16,17)18)8(20)5-2-3-6(7(12)4-5)10(13,14)15/h2-4H,19H2,1H3. The van der Waals surface area contributed by atoms with Crippen LogP contribution in [0, 0.1) is 5.82 Å². The van der Waals surface area contributed by atoms with Crippen LogP contribution in [0.1, 0.15) is 22.8 Å². The van der Waals surface area contributed by atoms with Crippen molar-refractivity contribution in [2.24, 2.45) is 5.73 Å². The van der Waals surface area contributed by atoms with Crippen molar-refractivity contribution < 1.29 is 35.5 Å². The molecule has 0 fully saturated rings. The van der Waals surface area contributed by atoms with Crippen molar-refractivity contribution in [1.82, 2.24) is 0 Å². The van der Waals surface area contributed by atoms with E-state index < -0.39 is 40.6 Å². The lowest BCUT2D eigenvalue weighted by Gasteiger charge is -2.26. The molecule has 1 aromatic carbocycles. The van der Waals surface area contributed by atoms with Crippen molar-refractivity contribution in [3.05, 3.63) is 35.1 Å². The molecule has 0 saturated heterocycles. The summed E-state index contributed by atoms with van der Waals surface area (Å²) in [7, 11) is 0. The molecule has 0 aliphatic heterocycles. The Morgan fingerprint density at radius 1 is 1.10 bits per heavy atom. The summed E-state index contributed by atoms with van der Waals surface area (Å²) in [5.74, 6) is -3.57. The van der Waals surface area contributed by atoms with Crippen molar-refractivity contribution in [2.45, 2.75) is 24.8 Å². The van der Waals surface area contributed by atoms with Crippen LogP contribution in [0.4, 0.5) is 30.7 Å². The van der Waals surface area contributed by atoms with Gasteiger partial charge in [-0.25, -0.2) is 4.39 Å². The molecule has 1 atom stereocenters. The average molecular weight is 303 g/mol. The van der Waals surface area contributed by atoms with Gasteiger partial charge in [0.1, 0.15) is 5.82 Å². The van der Waals surface area contributed by atoms with E-state index in [1.165, 1.54) is 0 Å². The Labute approximate surface area is 108 Å². The van der Waals surface area contributed by atoms with E-state index in [9.17, 15) is 35.5 Å². The highest BCUT2D eigenvalue weighted by Crippen LogP contribution is 2.34. The van der Waals surface area contributed by atoms with Crippen molar-refractivity contribution in [2.75, 3.05) is 0 Å². The monoisotopic (exact) mass is 303 g/mol. The Morgan fingerprint density at radius 3 is 1.95 bits per heavy atom. The molecule has 1 rings (SSSR count). The number of Topliss-reactive ketones (excluding diaryl/α,β-unsaturated/α-hetero) is 1. The Balaban J connectivity index is 3.25. The Morgan fingerprint density at radius 2 is 1.60 bits per heavy atom. The first-order chi connectivity index (χ1) is 8.78. The second-order valence-electron chi connectivity index (χ2n) is 4.22. The minimum Gasteiger partial charge on any atom is -0.311 e. The number of hydrogen-bond donors (Lipinski definition) is 1. The third-order valence-electron chi connectivity index (χ3n) is 2.60. The van der Waals surface area contributed by atoms with Crippen LogP contribution in [0.15, 0.2) is 18.2 Å². The summed E-state index contributed by atoms with van der Waals surface area (Å²) in [4.78, 5) is 11.5. The van der Waals surface area contributed by atoms with Crippen molar-refractivity contribution in [1.29, 1.82) is 0 Å². The van der Waals surface area contributed by atoms with Crippen LogP contribution in [0.25, 0.3) is 0 Å². The molecular weight excluding hydrogens is 295 g/mol. The summed E-state index contributed by atoms with van der Waals surface area (Å²) < 4.78 is 87.6. The number of halogens is 7. The van der Waals surface area contributed by atoms with Gasteiger partial charge in [0, 0.05) is 5.56 Å². The number of benzene rings is 1. The van der Waals surface area contributed by atoms with E-state index in [1.54, 1.807) is 0 Å². The highest BCUT2D eigenvalue weighted by molar-refractivity contribution is 6.03. The number of alkyl halides is 6. The molecule has 1 unspecified atom stereocenters. The maximum atomic E-state index is 13.2. The minimum atomic E-state index is -5.12. The van der Waals surface area contributed by atoms with Crippen LogP contribution >= 0.6 is 0 Å². The summed E-state index contributed by atoms with van der Waals surface area (Å²) in [6, 6.07) is 0.724. The number of carbonyl (C=O) groups is 1. The quantitative estimate of drug-likeness (QED) is 0.673. The molecule has 0 aliphatic rings. The van der Waals surface area contributed by atoms with Crippen LogP contribution in [0.3, 0.4) is 0 Å². The molecule has 2 N–H and O–H groups in total. The number of ketones is 1. The summed E-state index contributed by atoms with van der Waals surface area (Å²) in [5, 5.41) is 0. The largest absolute Gasteiger partial charge is 0.419 e. The number of nitrogens with two attached hydrogens (primary N) is 1. The van der Waals surface area contributed by atoms with Crippen LogP contribution in [0.2, 0.25) is 0 Å². The van der Waals surface area contributed by atoms with Gasteiger partial charge in [0.25, 0.3) is 0 Å². The fourth-order valence-electron chi connectivity index (χ4n) is 1.31. The molecule has 0 spiro atoms. The maximum absolute atomic E-state index is 13.2. The Bertz CT molecular complexity index is 531. The molecule has 0 bridgehead atoms. The lowest BCUT2D eigenvalue weighted by Crippen LogP contribution is -2.57. The van der Waals surface area contributed by atoms with E-state index in [0.29, 0.717) is 13.0 Å². The van der Waals surface area contributed by atoms with Gasteiger partial charge in [-0.2, -0.15) is 26.3 Å². The van der Waals surface area contributed by atoms with Gasteiger partial charge in [0.2, 0.25) is 0 Å². The summed E-state index contributed by atoms with van der Waals surface area (Å²) in [6.45, 7) is 0.352. The number of carbonyl (C=O) groups excluding carboxylic acids is 1. The van der Waals surface area contributed by atoms with E-state index in [2.05, 4.69) is 0 Å². The first-order valence-electron chi connectivity index (χ1n) is 5.05. The molecule has 9 heteroatoms. The van der Waals surface area contributed by atoms with E-state index in [0.717, 1.165) is 0 Å². The molecule has 112 valence electrons. The highest BCUT2D eigenvalue weighted by atomic mass is 19.4. The summed E-state index contributed by atoms with van der Waals surface area (Å²) >= 11 is 0. The molecule has 0 heterocycles. The number of hydrogen-bond acceptors (Lipinski definition) is 2. The van der Waals surface area contributed by atoms with Crippen LogP contribution < -0.4 is 5.73 Å². The SMILES string of the molecule is CC(N)(C(=O)c1ccc(C(F)(F)F)c(F)c1)C(F)(F)F. The van der Waals surface area contributed by atoms with Gasteiger partial charge in [0.15, 0.2) is 11.3 Å². The van der Waals surface area contributed by atoms with Gasteiger partial charge in [-0.1, -0.05) is 6.07 Å². The molecule has 2 nitrogen and oxygen atoms in total. The molecule has 20 heavy (non-hydrogen) atoms. The fraction of sp³-hybridized carbons (Fsp3) is 0.364. The fourth-order valence-corrected chi connectivity index (χ4v) is 1.31. The minimum absolute atomic E-state index is 0.0853. The smallest absolute Gasteiger partial charge is 0.311 e. The van der Waals surface area contributed by atoms with Crippen LogP contribution in [0.5, 0.6) is 0 Å². The lowest BCUT2D eigenvalue weighted by atomic mass is 9.91. The van der Waals surface area contributed by atoms with Crippen LogP contribution in [-0.4, -0.2) is 17.5 Å². The highest BCUT2D eigenvalue weighted by Gasteiger charge is 2.54. The zero-order valence-electron chi connectivity index (χ0n) is 9.86. The Kier molecular flexibility index (Phi) is 3.88. The van der Waals surface area contributed by atoms with Crippen LogP contribution in [-0.2, 0) is 6.18 Å². The predicted octanol–water partition coefficient (Wildman–Crippen LogP) is 3.31. The third-order valence-corrected chi connectivity index (χ3v) is 2.60. The second-order valence-corrected chi connectivity index (χ2v) is 4.22. The molecule has 0 aromatic heterocycles. The van der Waals surface area contributed by atoms with Crippen molar-refractivity contribution in [3.8, 4) is 0 Å². The Hall–Kier alpha value is -1.64. The zero-order chi connectivity index (χ0) is 15.9.